The molecule has 0 N–H and O–H groups in total. The maximum absolute atomic E-state index is 13.4. The second kappa shape index (κ2) is 8.64. The third-order valence-corrected chi connectivity index (χ3v) is 5.84. The fraction of sp³-hybridized carbons (Fsp3) is 0.0870. The number of ether oxygens (including phenoxy) is 1. The zero-order valence-electron chi connectivity index (χ0n) is 17.1. The van der Waals surface area contributed by atoms with Crippen molar-refractivity contribution in [3.63, 3.8) is 0 Å². The standard InChI is InChI=1S/C23H17N3O5S/c1-14(27)15-10-11-21(20(12-15)26(29)30)32-23-24-19-9-4-3-8-18(19)22(28)25(23)16-6-5-7-17(13-16)31-2/h3-13H,1-2H3. The van der Waals surface area contributed by atoms with Crippen LogP contribution in [0.2, 0.25) is 0 Å². The summed E-state index contributed by atoms with van der Waals surface area (Å²) in [5.41, 5.74) is 0.676. The van der Waals surface area contributed by atoms with Crippen molar-refractivity contribution in [1.29, 1.82) is 0 Å². The number of nitro benzene ring substituents is 1. The zero-order valence-corrected chi connectivity index (χ0v) is 18.0. The molecule has 0 unspecified atom stereocenters. The Morgan fingerprint density at radius 1 is 1.09 bits per heavy atom. The van der Waals surface area contributed by atoms with E-state index in [4.69, 9.17) is 4.74 Å². The number of benzene rings is 3. The summed E-state index contributed by atoms with van der Waals surface area (Å²) in [4.78, 5) is 41.1. The van der Waals surface area contributed by atoms with E-state index in [0.717, 1.165) is 11.8 Å². The van der Waals surface area contributed by atoms with E-state index in [1.54, 1.807) is 48.5 Å². The van der Waals surface area contributed by atoms with Crippen molar-refractivity contribution >= 4 is 34.1 Å². The smallest absolute Gasteiger partial charge is 0.284 e. The molecule has 4 rings (SSSR count). The second-order valence-electron chi connectivity index (χ2n) is 6.85. The quantitative estimate of drug-likeness (QED) is 0.183. The van der Waals surface area contributed by atoms with Gasteiger partial charge in [0.15, 0.2) is 10.9 Å². The van der Waals surface area contributed by atoms with E-state index in [2.05, 4.69) is 4.98 Å². The fourth-order valence-corrected chi connectivity index (χ4v) is 4.22. The third kappa shape index (κ3) is 3.97. The van der Waals surface area contributed by atoms with Gasteiger partial charge in [-0.05, 0) is 55.1 Å². The molecule has 32 heavy (non-hydrogen) atoms. The Morgan fingerprint density at radius 2 is 1.88 bits per heavy atom. The minimum absolute atomic E-state index is 0.234. The van der Waals surface area contributed by atoms with Gasteiger partial charge in [-0.25, -0.2) is 4.98 Å². The van der Waals surface area contributed by atoms with Gasteiger partial charge in [0.25, 0.3) is 11.2 Å². The maximum Gasteiger partial charge on any atom is 0.284 e. The molecule has 8 nitrogen and oxygen atoms in total. The van der Waals surface area contributed by atoms with Crippen LogP contribution in [0.3, 0.4) is 0 Å². The summed E-state index contributed by atoms with van der Waals surface area (Å²) >= 11 is 0.985. The highest BCUT2D eigenvalue weighted by molar-refractivity contribution is 7.99. The van der Waals surface area contributed by atoms with E-state index >= 15 is 0 Å². The Morgan fingerprint density at radius 3 is 2.59 bits per heavy atom. The lowest BCUT2D eigenvalue weighted by Crippen LogP contribution is -2.21. The number of fused-ring (bicyclic) bond motifs is 1. The molecule has 1 heterocycles. The largest absolute Gasteiger partial charge is 0.497 e. The lowest BCUT2D eigenvalue weighted by Gasteiger charge is -2.14. The molecular formula is C23H17N3O5S. The first-order valence-electron chi connectivity index (χ1n) is 9.52. The normalized spacial score (nSPS) is 10.8. The molecule has 0 aliphatic heterocycles. The van der Waals surface area contributed by atoms with Gasteiger partial charge in [0.05, 0.1) is 33.5 Å². The first-order valence-corrected chi connectivity index (χ1v) is 10.3. The van der Waals surface area contributed by atoms with E-state index in [1.807, 2.05) is 0 Å². The number of nitro groups is 1. The van der Waals surface area contributed by atoms with Crippen LogP contribution in [0, 0.1) is 10.1 Å². The summed E-state index contributed by atoms with van der Waals surface area (Å²) in [6, 6.07) is 18.1. The van der Waals surface area contributed by atoms with Crippen molar-refractivity contribution in [1.82, 2.24) is 9.55 Å². The highest BCUT2D eigenvalue weighted by Gasteiger charge is 2.21. The first-order chi connectivity index (χ1) is 15.4. The first kappa shape index (κ1) is 21.3. The molecule has 0 aliphatic rings. The van der Waals surface area contributed by atoms with Crippen LogP contribution in [0.25, 0.3) is 16.6 Å². The molecule has 0 radical (unpaired) electrons. The number of rotatable bonds is 6. The van der Waals surface area contributed by atoms with Crippen LogP contribution < -0.4 is 10.3 Å². The van der Waals surface area contributed by atoms with Crippen molar-refractivity contribution in [3.05, 3.63) is 92.8 Å². The Hall–Kier alpha value is -3.98. The van der Waals surface area contributed by atoms with Gasteiger partial charge in [0.1, 0.15) is 5.75 Å². The molecule has 3 aromatic carbocycles. The molecule has 0 fully saturated rings. The van der Waals surface area contributed by atoms with E-state index < -0.39 is 4.92 Å². The summed E-state index contributed by atoms with van der Waals surface area (Å²) < 4.78 is 6.69. The minimum Gasteiger partial charge on any atom is -0.497 e. The number of hydrogen-bond donors (Lipinski definition) is 0. The van der Waals surface area contributed by atoms with Gasteiger partial charge in [-0.3, -0.25) is 24.3 Å². The predicted octanol–water partition coefficient (Wildman–Crippen LogP) is 4.66. The number of carbonyl (C=O) groups excluding carboxylic acids is 1. The van der Waals surface area contributed by atoms with Crippen LogP contribution in [0.15, 0.2) is 81.6 Å². The number of aromatic nitrogens is 2. The highest BCUT2D eigenvalue weighted by atomic mass is 32.2. The summed E-state index contributed by atoms with van der Waals surface area (Å²) in [6.45, 7) is 1.34. The summed E-state index contributed by atoms with van der Waals surface area (Å²) in [5.74, 6) is 0.275. The fourth-order valence-electron chi connectivity index (χ4n) is 3.22. The highest BCUT2D eigenvalue weighted by Crippen LogP contribution is 2.36. The van der Waals surface area contributed by atoms with Crippen LogP contribution in [-0.4, -0.2) is 27.4 Å². The van der Waals surface area contributed by atoms with Crippen LogP contribution in [0.4, 0.5) is 5.69 Å². The van der Waals surface area contributed by atoms with Crippen molar-refractivity contribution in [3.8, 4) is 11.4 Å². The molecule has 9 heteroatoms. The number of Topliss-reactive ketones (excluding diaryl/α,β-unsaturated/α-hetero) is 1. The molecule has 0 bridgehead atoms. The molecule has 1 aromatic heterocycles. The van der Waals surface area contributed by atoms with Crippen LogP contribution in [0.1, 0.15) is 17.3 Å². The average Bonchev–Trinajstić information content (AvgIpc) is 2.79. The van der Waals surface area contributed by atoms with Crippen LogP contribution in [-0.2, 0) is 0 Å². The minimum atomic E-state index is -0.552. The lowest BCUT2D eigenvalue weighted by molar-refractivity contribution is -0.387. The molecule has 4 aromatic rings. The van der Waals surface area contributed by atoms with Gasteiger partial charge in [-0.1, -0.05) is 18.2 Å². The van der Waals surface area contributed by atoms with Gasteiger partial charge in [0.2, 0.25) is 0 Å². The Labute approximate surface area is 186 Å². The Balaban J connectivity index is 1.96. The Bertz CT molecular complexity index is 1430. The average molecular weight is 447 g/mol. The van der Waals surface area contributed by atoms with Crippen molar-refractivity contribution in [2.24, 2.45) is 0 Å². The SMILES string of the molecule is COc1cccc(-n2c(Sc3ccc(C(C)=O)cc3[N+](=O)[O-])nc3ccccc3c2=O)c1. The summed E-state index contributed by atoms with van der Waals surface area (Å²) in [5, 5.41) is 12.3. The number of carbonyl (C=O) groups is 1. The van der Waals surface area contributed by atoms with Crippen molar-refractivity contribution in [2.75, 3.05) is 7.11 Å². The lowest BCUT2D eigenvalue weighted by atomic mass is 10.1. The molecule has 0 spiro atoms. The van der Waals surface area contributed by atoms with Crippen molar-refractivity contribution < 1.29 is 14.5 Å². The van der Waals surface area contributed by atoms with Gasteiger partial charge in [-0.2, -0.15) is 0 Å². The molecule has 0 saturated heterocycles. The molecule has 0 aliphatic carbocycles. The van der Waals surface area contributed by atoms with Gasteiger partial charge >= 0.3 is 0 Å². The number of nitrogens with zero attached hydrogens (tertiary/aromatic N) is 3. The summed E-state index contributed by atoms with van der Waals surface area (Å²) in [7, 11) is 1.52. The summed E-state index contributed by atoms with van der Waals surface area (Å²) in [6.07, 6.45) is 0. The number of ketones is 1. The maximum atomic E-state index is 13.4. The Kier molecular flexibility index (Phi) is 5.74. The van der Waals surface area contributed by atoms with E-state index in [9.17, 15) is 19.7 Å². The van der Waals surface area contributed by atoms with E-state index in [1.165, 1.54) is 36.8 Å². The third-order valence-electron chi connectivity index (χ3n) is 4.82. The van der Waals surface area contributed by atoms with Gasteiger partial charge in [-0.15, -0.1) is 0 Å². The number of hydrogen-bond acceptors (Lipinski definition) is 7. The van der Waals surface area contributed by atoms with Crippen molar-refractivity contribution in [2.45, 2.75) is 17.0 Å². The predicted molar refractivity (Wildman–Crippen MR) is 121 cm³/mol. The van der Waals surface area contributed by atoms with E-state index in [-0.39, 0.29) is 32.6 Å². The number of methoxy groups -OCH3 is 1. The van der Waals surface area contributed by atoms with Crippen LogP contribution >= 0.6 is 11.8 Å². The van der Waals surface area contributed by atoms with Gasteiger partial charge in [0, 0.05) is 17.7 Å². The second-order valence-corrected chi connectivity index (χ2v) is 7.86. The molecule has 0 atom stereocenters. The zero-order chi connectivity index (χ0) is 22.8. The number of para-hydroxylation sites is 1. The molecule has 0 amide bonds. The monoisotopic (exact) mass is 447 g/mol. The molecule has 0 saturated carbocycles. The van der Waals surface area contributed by atoms with E-state index in [0.29, 0.717) is 22.3 Å². The van der Waals surface area contributed by atoms with Crippen LogP contribution in [0.5, 0.6) is 5.75 Å². The molecular weight excluding hydrogens is 430 g/mol. The molecule has 160 valence electrons. The van der Waals surface area contributed by atoms with Gasteiger partial charge < -0.3 is 4.74 Å². The topological polar surface area (TPSA) is 104 Å².